The van der Waals surface area contributed by atoms with E-state index in [1.165, 1.54) is 6.92 Å². The molecule has 2 rings (SSSR count). The fourth-order valence-corrected chi connectivity index (χ4v) is 1.99. The average Bonchev–Trinajstić information content (AvgIpc) is 2.77. The van der Waals surface area contributed by atoms with Crippen LogP contribution < -0.4 is 5.32 Å². The minimum Gasteiger partial charge on any atom is -0.464 e. The van der Waals surface area contributed by atoms with Crippen molar-refractivity contribution in [3.05, 3.63) is 36.1 Å². The van der Waals surface area contributed by atoms with Gasteiger partial charge in [0.1, 0.15) is 5.58 Å². The predicted molar refractivity (Wildman–Crippen MR) is 64.6 cm³/mol. The van der Waals surface area contributed by atoms with Crippen LogP contribution in [0.2, 0.25) is 0 Å². The third-order valence-corrected chi connectivity index (χ3v) is 3.21. The van der Waals surface area contributed by atoms with Crippen LogP contribution in [0.1, 0.15) is 12.5 Å². The fraction of sp³-hybridized carbons (Fsp3) is 0.385. The van der Waals surface area contributed by atoms with E-state index in [4.69, 9.17) is 4.42 Å². The number of likely N-dealkylation sites (N-methyl/N-ethyl adjacent to an activating group) is 1. The third-order valence-electron chi connectivity index (χ3n) is 3.21. The first kappa shape index (κ1) is 12.1. The molecule has 0 amide bonds. The van der Waals surface area contributed by atoms with Gasteiger partial charge >= 0.3 is 0 Å². The van der Waals surface area contributed by atoms with Gasteiger partial charge in [0.25, 0.3) is 0 Å². The number of furan rings is 1. The van der Waals surface area contributed by atoms with Crippen LogP contribution in [0.15, 0.2) is 34.9 Å². The molecule has 17 heavy (non-hydrogen) atoms. The normalized spacial score (nSPS) is 16.9. The highest BCUT2D eigenvalue weighted by Gasteiger charge is 2.35. The van der Waals surface area contributed by atoms with Gasteiger partial charge in [-0.25, -0.2) is 4.39 Å². The smallest absolute Gasteiger partial charge is 0.150 e. The van der Waals surface area contributed by atoms with Gasteiger partial charge in [-0.1, -0.05) is 12.1 Å². The van der Waals surface area contributed by atoms with Gasteiger partial charge < -0.3 is 14.8 Å². The summed E-state index contributed by atoms with van der Waals surface area (Å²) < 4.78 is 19.9. The summed E-state index contributed by atoms with van der Waals surface area (Å²) in [6.45, 7) is 1.19. The molecule has 0 saturated carbocycles. The van der Waals surface area contributed by atoms with E-state index in [1.54, 1.807) is 25.4 Å². The Labute approximate surface area is 99.2 Å². The van der Waals surface area contributed by atoms with Crippen LogP contribution in [0.5, 0.6) is 0 Å². The highest BCUT2D eigenvalue weighted by Crippen LogP contribution is 2.31. The summed E-state index contributed by atoms with van der Waals surface area (Å²) in [5.41, 5.74) is -0.502. The number of aliphatic hydroxyl groups excluding tert-OH is 1. The lowest BCUT2D eigenvalue weighted by atomic mass is 9.90. The highest BCUT2D eigenvalue weighted by molar-refractivity contribution is 5.77. The molecule has 2 atom stereocenters. The topological polar surface area (TPSA) is 45.4 Å². The number of fused-ring (bicyclic) bond motifs is 1. The Kier molecular flexibility index (Phi) is 3.17. The fourth-order valence-electron chi connectivity index (χ4n) is 1.99. The molecular formula is C13H16FNO2. The summed E-state index contributed by atoms with van der Waals surface area (Å²) in [4.78, 5) is 0. The van der Waals surface area contributed by atoms with E-state index in [2.05, 4.69) is 5.32 Å². The monoisotopic (exact) mass is 237 g/mol. The third kappa shape index (κ3) is 2.06. The Hall–Kier alpha value is -1.39. The summed E-state index contributed by atoms with van der Waals surface area (Å²) >= 11 is 0. The summed E-state index contributed by atoms with van der Waals surface area (Å²) in [7, 11) is 1.63. The van der Waals surface area contributed by atoms with Crippen molar-refractivity contribution in [2.24, 2.45) is 0 Å². The van der Waals surface area contributed by atoms with Gasteiger partial charge in [0.05, 0.1) is 18.9 Å². The van der Waals surface area contributed by atoms with Gasteiger partial charge in [-0.15, -0.1) is 0 Å². The number of hydrogen-bond acceptors (Lipinski definition) is 3. The lowest BCUT2D eigenvalue weighted by Gasteiger charge is -2.29. The molecule has 92 valence electrons. The SMILES string of the molecule is CNC(CO)C(C)(F)c1ccc2ccoc2c1. The minimum atomic E-state index is -1.65. The number of rotatable bonds is 4. The molecule has 4 heteroatoms. The van der Waals surface area contributed by atoms with Gasteiger partial charge in [0.15, 0.2) is 5.67 Å². The van der Waals surface area contributed by atoms with Crippen molar-refractivity contribution in [2.45, 2.75) is 18.6 Å². The quantitative estimate of drug-likeness (QED) is 0.856. The Morgan fingerprint density at radius 2 is 2.24 bits per heavy atom. The standard InChI is InChI=1S/C13H16FNO2/c1-13(14,12(8-16)15-2)10-4-3-9-5-6-17-11(9)7-10/h3-7,12,15-16H,8H2,1-2H3. The first-order chi connectivity index (χ1) is 8.09. The van der Waals surface area contributed by atoms with Gasteiger partial charge in [-0.3, -0.25) is 0 Å². The van der Waals surface area contributed by atoms with E-state index in [9.17, 15) is 9.50 Å². The molecule has 2 N–H and O–H groups in total. The maximum Gasteiger partial charge on any atom is 0.150 e. The zero-order valence-electron chi connectivity index (χ0n) is 9.90. The van der Waals surface area contributed by atoms with Crippen LogP contribution >= 0.6 is 0 Å². The minimum absolute atomic E-state index is 0.264. The first-order valence-electron chi connectivity index (χ1n) is 5.54. The van der Waals surface area contributed by atoms with Crippen molar-refractivity contribution >= 4 is 11.0 Å². The van der Waals surface area contributed by atoms with Crippen LogP contribution in [0.4, 0.5) is 4.39 Å². The van der Waals surface area contributed by atoms with Gasteiger partial charge in [-0.2, -0.15) is 0 Å². The van der Waals surface area contributed by atoms with E-state index >= 15 is 0 Å². The van der Waals surface area contributed by atoms with Gasteiger partial charge in [0.2, 0.25) is 0 Å². The Balaban J connectivity index is 2.43. The van der Waals surface area contributed by atoms with Crippen molar-refractivity contribution in [3.8, 4) is 0 Å². The molecule has 1 aromatic carbocycles. The molecule has 2 aromatic rings. The van der Waals surface area contributed by atoms with Crippen molar-refractivity contribution in [1.29, 1.82) is 0 Å². The van der Waals surface area contributed by atoms with Crippen LogP contribution in [0.3, 0.4) is 0 Å². The van der Waals surface area contributed by atoms with Crippen molar-refractivity contribution in [1.82, 2.24) is 5.32 Å². The number of benzene rings is 1. The van der Waals surface area contributed by atoms with E-state index in [-0.39, 0.29) is 6.61 Å². The lowest BCUT2D eigenvalue weighted by Crippen LogP contribution is -2.44. The zero-order chi connectivity index (χ0) is 12.5. The maximum absolute atomic E-state index is 14.7. The lowest BCUT2D eigenvalue weighted by molar-refractivity contribution is 0.0855. The molecule has 3 nitrogen and oxygen atoms in total. The van der Waals surface area contributed by atoms with Crippen molar-refractivity contribution in [3.63, 3.8) is 0 Å². The molecule has 0 bridgehead atoms. The number of aliphatic hydroxyl groups is 1. The Morgan fingerprint density at radius 1 is 1.47 bits per heavy atom. The van der Waals surface area contributed by atoms with E-state index in [1.807, 2.05) is 12.1 Å². The summed E-state index contributed by atoms with van der Waals surface area (Å²) in [5, 5.41) is 12.9. The van der Waals surface area contributed by atoms with Crippen molar-refractivity contribution in [2.75, 3.05) is 13.7 Å². The highest BCUT2D eigenvalue weighted by atomic mass is 19.1. The second-order valence-corrected chi connectivity index (χ2v) is 4.27. The van der Waals surface area contributed by atoms with Gasteiger partial charge in [0, 0.05) is 5.39 Å². The number of hydrogen-bond donors (Lipinski definition) is 2. The molecular weight excluding hydrogens is 221 g/mol. The Morgan fingerprint density at radius 3 is 2.88 bits per heavy atom. The molecule has 1 heterocycles. The molecule has 0 saturated heterocycles. The second-order valence-electron chi connectivity index (χ2n) is 4.27. The molecule has 0 spiro atoms. The second kappa shape index (κ2) is 4.47. The molecule has 0 radical (unpaired) electrons. The first-order valence-corrected chi connectivity index (χ1v) is 5.54. The molecule has 0 fully saturated rings. The maximum atomic E-state index is 14.7. The number of alkyl halides is 1. The summed E-state index contributed by atoms with van der Waals surface area (Å²) in [5.74, 6) is 0. The van der Waals surface area contributed by atoms with Crippen LogP contribution in [0, 0.1) is 0 Å². The van der Waals surface area contributed by atoms with Gasteiger partial charge in [-0.05, 0) is 31.7 Å². The average molecular weight is 237 g/mol. The number of halogens is 1. The van der Waals surface area contributed by atoms with Crippen LogP contribution in [0.25, 0.3) is 11.0 Å². The van der Waals surface area contributed by atoms with E-state index in [0.717, 1.165) is 5.39 Å². The molecule has 1 aromatic heterocycles. The summed E-state index contributed by atoms with van der Waals surface area (Å²) in [6.07, 6.45) is 1.58. The van der Waals surface area contributed by atoms with Crippen LogP contribution in [-0.2, 0) is 5.67 Å². The van der Waals surface area contributed by atoms with Crippen molar-refractivity contribution < 1.29 is 13.9 Å². The largest absolute Gasteiger partial charge is 0.464 e. The molecule has 0 aliphatic carbocycles. The molecule has 0 aliphatic rings. The van der Waals surface area contributed by atoms with E-state index < -0.39 is 11.7 Å². The summed E-state index contributed by atoms with van der Waals surface area (Å²) in [6, 6.07) is 6.40. The van der Waals surface area contributed by atoms with E-state index in [0.29, 0.717) is 11.1 Å². The predicted octanol–water partition coefficient (Wildman–Crippen LogP) is 2.20. The zero-order valence-corrected chi connectivity index (χ0v) is 9.90. The molecule has 2 unspecified atom stereocenters. The molecule has 0 aliphatic heterocycles. The number of nitrogens with one attached hydrogen (secondary N) is 1. The van der Waals surface area contributed by atoms with Crippen LogP contribution in [-0.4, -0.2) is 24.8 Å². The Bertz CT molecular complexity index is 503.